The van der Waals surface area contributed by atoms with Crippen LogP contribution >= 0.6 is 15.9 Å². The minimum Gasteiger partial charge on any atom is -0.444 e. The lowest BCUT2D eigenvalue weighted by atomic mass is 10.1. The van der Waals surface area contributed by atoms with Gasteiger partial charge in [0.25, 0.3) is 0 Å². The monoisotopic (exact) mass is 330 g/mol. The number of benzene rings is 1. The van der Waals surface area contributed by atoms with Gasteiger partial charge in [0.15, 0.2) is 0 Å². The lowest BCUT2D eigenvalue weighted by molar-refractivity contribution is 0.0636. The van der Waals surface area contributed by atoms with Gasteiger partial charge in [-0.3, -0.25) is 5.32 Å². The summed E-state index contributed by atoms with van der Waals surface area (Å²) in [6.45, 7) is 5.21. The van der Waals surface area contributed by atoms with Gasteiger partial charge in [-0.1, -0.05) is 6.07 Å². The molecule has 0 radical (unpaired) electrons. The number of nitrogens with two attached hydrogens (primary N) is 1. The summed E-state index contributed by atoms with van der Waals surface area (Å²) < 4.78 is 5.89. The second kappa shape index (κ2) is 6.36. The standard InChI is InChI=1S/C13H19BrN2O3/c1-13(2,3)19-12(18)16-11-6-8(10(15)7-17)4-5-9(11)14/h4-6,10,17H,7,15H2,1-3H3,(H,16,18)/t10-/m1/s1. The molecule has 4 N–H and O–H groups in total. The Balaban J connectivity index is 2.85. The van der Waals surface area contributed by atoms with E-state index in [9.17, 15) is 4.79 Å². The Kier molecular flexibility index (Phi) is 5.34. The quantitative estimate of drug-likeness (QED) is 0.795. The molecule has 5 nitrogen and oxygen atoms in total. The number of halogens is 1. The number of aliphatic hydroxyl groups is 1. The summed E-state index contributed by atoms with van der Waals surface area (Å²) in [7, 11) is 0. The maximum atomic E-state index is 11.7. The predicted octanol–water partition coefficient (Wildman–Crippen LogP) is 2.79. The Morgan fingerprint density at radius 2 is 2.16 bits per heavy atom. The van der Waals surface area contributed by atoms with Gasteiger partial charge in [0.1, 0.15) is 5.60 Å². The Morgan fingerprint density at radius 3 is 2.68 bits per heavy atom. The van der Waals surface area contributed by atoms with Gasteiger partial charge in [-0.25, -0.2) is 4.79 Å². The summed E-state index contributed by atoms with van der Waals surface area (Å²) in [4.78, 5) is 11.7. The average Bonchev–Trinajstić information content (AvgIpc) is 2.28. The van der Waals surface area contributed by atoms with Crippen molar-refractivity contribution in [1.82, 2.24) is 0 Å². The molecule has 6 heteroatoms. The maximum Gasteiger partial charge on any atom is 0.412 e. The van der Waals surface area contributed by atoms with E-state index in [-0.39, 0.29) is 6.61 Å². The highest BCUT2D eigenvalue weighted by Gasteiger charge is 2.17. The fourth-order valence-corrected chi connectivity index (χ4v) is 1.73. The van der Waals surface area contributed by atoms with Crippen LogP contribution in [0.15, 0.2) is 22.7 Å². The van der Waals surface area contributed by atoms with Crippen molar-refractivity contribution in [2.45, 2.75) is 32.4 Å². The zero-order valence-corrected chi connectivity index (χ0v) is 12.8. The molecule has 0 aliphatic heterocycles. The molecule has 0 aliphatic carbocycles. The first kappa shape index (κ1) is 15.9. The number of carbonyl (C=O) groups excluding carboxylic acids is 1. The zero-order valence-electron chi connectivity index (χ0n) is 11.2. The van der Waals surface area contributed by atoms with Crippen molar-refractivity contribution in [1.29, 1.82) is 0 Å². The van der Waals surface area contributed by atoms with Crippen molar-refractivity contribution in [2.75, 3.05) is 11.9 Å². The van der Waals surface area contributed by atoms with Crippen LogP contribution in [0.4, 0.5) is 10.5 Å². The summed E-state index contributed by atoms with van der Waals surface area (Å²) >= 11 is 3.34. The third-order valence-electron chi connectivity index (χ3n) is 2.25. The highest BCUT2D eigenvalue weighted by molar-refractivity contribution is 9.10. The van der Waals surface area contributed by atoms with E-state index in [1.165, 1.54) is 0 Å². The van der Waals surface area contributed by atoms with Gasteiger partial charge in [-0.2, -0.15) is 0 Å². The van der Waals surface area contributed by atoms with E-state index >= 15 is 0 Å². The Bertz CT molecular complexity index is 458. The molecule has 1 atom stereocenters. The lowest BCUT2D eigenvalue weighted by Gasteiger charge is -2.20. The molecule has 19 heavy (non-hydrogen) atoms. The Morgan fingerprint density at radius 1 is 1.53 bits per heavy atom. The smallest absolute Gasteiger partial charge is 0.412 e. The van der Waals surface area contributed by atoms with Gasteiger partial charge in [0.2, 0.25) is 0 Å². The van der Waals surface area contributed by atoms with Crippen molar-refractivity contribution in [3.8, 4) is 0 Å². The second-order valence-corrected chi connectivity index (χ2v) is 6.01. The molecule has 0 heterocycles. The molecule has 1 aromatic carbocycles. The third-order valence-corrected chi connectivity index (χ3v) is 2.94. The van der Waals surface area contributed by atoms with Crippen LogP contribution < -0.4 is 11.1 Å². The average molecular weight is 331 g/mol. The first-order valence-corrected chi connectivity index (χ1v) is 6.68. The van der Waals surface area contributed by atoms with Crippen LogP contribution in [0.1, 0.15) is 32.4 Å². The second-order valence-electron chi connectivity index (χ2n) is 5.16. The number of anilines is 1. The molecule has 0 saturated carbocycles. The number of aliphatic hydroxyl groups excluding tert-OH is 1. The fraction of sp³-hybridized carbons (Fsp3) is 0.462. The molecule has 1 amide bonds. The zero-order chi connectivity index (χ0) is 14.6. The molecular formula is C13H19BrN2O3. The SMILES string of the molecule is CC(C)(C)OC(=O)Nc1cc([C@H](N)CO)ccc1Br. The van der Waals surface area contributed by atoms with Crippen LogP contribution in [0.3, 0.4) is 0 Å². The van der Waals surface area contributed by atoms with E-state index in [0.717, 1.165) is 5.56 Å². The topological polar surface area (TPSA) is 84.6 Å². The number of hydrogen-bond acceptors (Lipinski definition) is 4. The van der Waals surface area contributed by atoms with E-state index in [1.54, 1.807) is 39.0 Å². The van der Waals surface area contributed by atoms with Crippen molar-refractivity contribution >= 4 is 27.7 Å². The largest absolute Gasteiger partial charge is 0.444 e. The minimum absolute atomic E-state index is 0.159. The van der Waals surface area contributed by atoms with Crippen LogP contribution in [0, 0.1) is 0 Å². The molecule has 0 saturated heterocycles. The maximum absolute atomic E-state index is 11.7. The fourth-order valence-electron chi connectivity index (χ4n) is 1.39. The molecule has 0 aliphatic rings. The van der Waals surface area contributed by atoms with Gasteiger partial charge < -0.3 is 15.6 Å². The number of hydrogen-bond donors (Lipinski definition) is 3. The van der Waals surface area contributed by atoms with Gasteiger partial charge in [-0.05, 0) is 54.4 Å². The molecule has 1 rings (SSSR count). The third kappa shape index (κ3) is 5.18. The summed E-state index contributed by atoms with van der Waals surface area (Å²) in [6.07, 6.45) is -0.539. The van der Waals surface area contributed by atoms with E-state index in [1.807, 2.05) is 0 Å². The first-order chi connectivity index (χ1) is 8.73. The summed E-state index contributed by atoms with van der Waals surface area (Å²) in [5.41, 5.74) is 6.46. The van der Waals surface area contributed by atoms with E-state index in [2.05, 4.69) is 21.2 Å². The number of rotatable bonds is 3. The van der Waals surface area contributed by atoms with Crippen LogP contribution in [0.5, 0.6) is 0 Å². The Hall–Kier alpha value is -1.11. The number of ether oxygens (including phenoxy) is 1. The summed E-state index contributed by atoms with van der Waals surface area (Å²) in [5, 5.41) is 11.7. The molecule has 0 unspecified atom stereocenters. The highest BCUT2D eigenvalue weighted by atomic mass is 79.9. The van der Waals surface area contributed by atoms with Crippen molar-refractivity contribution in [3.05, 3.63) is 28.2 Å². The summed E-state index contributed by atoms with van der Waals surface area (Å²) in [6, 6.07) is 4.77. The van der Waals surface area contributed by atoms with Crippen LogP contribution in [-0.2, 0) is 4.74 Å². The molecule has 0 aromatic heterocycles. The first-order valence-electron chi connectivity index (χ1n) is 5.89. The van der Waals surface area contributed by atoms with E-state index in [4.69, 9.17) is 15.6 Å². The molecule has 0 bridgehead atoms. The van der Waals surface area contributed by atoms with E-state index in [0.29, 0.717) is 10.2 Å². The van der Waals surface area contributed by atoms with Crippen molar-refractivity contribution in [3.63, 3.8) is 0 Å². The molecule has 0 spiro atoms. The van der Waals surface area contributed by atoms with Gasteiger partial charge in [0.05, 0.1) is 18.3 Å². The van der Waals surface area contributed by atoms with Gasteiger partial charge in [-0.15, -0.1) is 0 Å². The number of nitrogens with one attached hydrogen (secondary N) is 1. The van der Waals surface area contributed by atoms with Crippen LogP contribution in [-0.4, -0.2) is 23.4 Å². The number of carbonyl (C=O) groups is 1. The summed E-state index contributed by atoms with van der Waals surface area (Å²) in [5.74, 6) is 0. The normalized spacial score (nSPS) is 12.9. The van der Waals surface area contributed by atoms with Crippen LogP contribution in [0.25, 0.3) is 0 Å². The highest BCUT2D eigenvalue weighted by Crippen LogP contribution is 2.26. The van der Waals surface area contributed by atoms with Crippen molar-refractivity contribution < 1.29 is 14.6 Å². The number of amides is 1. The minimum atomic E-state index is -0.560. The van der Waals surface area contributed by atoms with E-state index < -0.39 is 17.7 Å². The molecule has 1 aromatic rings. The molecule has 106 valence electrons. The van der Waals surface area contributed by atoms with Crippen molar-refractivity contribution in [2.24, 2.45) is 5.73 Å². The molecular weight excluding hydrogens is 312 g/mol. The van der Waals surface area contributed by atoms with Gasteiger partial charge in [0, 0.05) is 4.47 Å². The lowest BCUT2D eigenvalue weighted by Crippen LogP contribution is -2.27. The molecule has 0 fully saturated rings. The van der Waals surface area contributed by atoms with Gasteiger partial charge >= 0.3 is 6.09 Å². The van der Waals surface area contributed by atoms with Crippen LogP contribution in [0.2, 0.25) is 0 Å². The predicted molar refractivity (Wildman–Crippen MR) is 78.0 cm³/mol. The Labute approximate surface area is 121 Å².